The van der Waals surface area contributed by atoms with E-state index in [2.05, 4.69) is 6.92 Å². The summed E-state index contributed by atoms with van der Waals surface area (Å²) < 4.78 is 7.21. The van der Waals surface area contributed by atoms with Gasteiger partial charge in [0.05, 0.1) is 23.8 Å². The van der Waals surface area contributed by atoms with E-state index in [-0.39, 0.29) is 16.7 Å². The van der Waals surface area contributed by atoms with Crippen molar-refractivity contribution in [3.05, 3.63) is 20.8 Å². The lowest BCUT2D eigenvalue weighted by Gasteiger charge is -2.29. The van der Waals surface area contributed by atoms with Gasteiger partial charge in [-0.25, -0.2) is 4.98 Å². The van der Waals surface area contributed by atoms with Gasteiger partial charge in [-0.15, -0.1) is 11.3 Å². The Morgan fingerprint density at radius 1 is 1.23 bits per heavy atom. The van der Waals surface area contributed by atoms with E-state index in [9.17, 15) is 9.59 Å². The molecule has 6 nitrogen and oxygen atoms in total. The van der Waals surface area contributed by atoms with Gasteiger partial charge in [-0.1, -0.05) is 31.5 Å². The van der Waals surface area contributed by atoms with Crippen molar-refractivity contribution in [2.24, 2.45) is 0 Å². The summed E-state index contributed by atoms with van der Waals surface area (Å²) >= 11 is 3.11. The third-order valence-electron chi connectivity index (χ3n) is 5.98. The van der Waals surface area contributed by atoms with Crippen LogP contribution in [0.4, 0.5) is 0 Å². The highest BCUT2D eigenvalue weighted by molar-refractivity contribution is 8.00. The molecule has 0 spiro atoms. The zero-order valence-corrected chi connectivity index (χ0v) is 19.6. The van der Waals surface area contributed by atoms with Crippen molar-refractivity contribution < 1.29 is 9.53 Å². The normalized spacial score (nSPS) is 17.9. The van der Waals surface area contributed by atoms with Crippen LogP contribution in [-0.2, 0) is 28.9 Å². The van der Waals surface area contributed by atoms with Crippen LogP contribution in [0.2, 0.25) is 0 Å². The van der Waals surface area contributed by atoms with Crippen LogP contribution in [-0.4, -0.2) is 51.9 Å². The minimum absolute atomic E-state index is 0.0871. The van der Waals surface area contributed by atoms with Gasteiger partial charge in [-0.05, 0) is 44.6 Å². The molecule has 1 aliphatic carbocycles. The van der Waals surface area contributed by atoms with Gasteiger partial charge in [-0.2, -0.15) is 0 Å². The van der Waals surface area contributed by atoms with E-state index in [4.69, 9.17) is 9.72 Å². The molecule has 164 valence electrons. The van der Waals surface area contributed by atoms with Crippen LogP contribution >= 0.6 is 23.1 Å². The Kier molecular flexibility index (Phi) is 7.16. The Morgan fingerprint density at radius 3 is 2.77 bits per heavy atom. The Morgan fingerprint density at radius 2 is 2.00 bits per heavy atom. The molecule has 8 heteroatoms. The summed E-state index contributed by atoms with van der Waals surface area (Å²) in [6, 6.07) is 0. The molecule has 4 rings (SSSR count). The molecule has 0 aromatic carbocycles. The van der Waals surface area contributed by atoms with Crippen LogP contribution in [0.1, 0.15) is 56.4 Å². The van der Waals surface area contributed by atoms with Crippen molar-refractivity contribution in [1.82, 2.24) is 14.5 Å². The van der Waals surface area contributed by atoms with E-state index < -0.39 is 0 Å². The molecule has 0 radical (unpaired) electrons. The molecule has 2 aliphatic rings. The third kappa shape index (κ3) is 4.46. The summed E-state index contributed by atoms with van der Waals surface area (Å²) in [4.78, 5) is 35.4. The van der Waals surface area contributed by atoms with Crippen LogP contribution in [0.3, 0.4) is 0 Å². The number of hydrogen-bond donors (Lipinski definition) is 0. The maximum atomic E-state index is 13.5. The maximum absolute atomic E-state index is 13.5. The van der Waals surface area contributed by atoms with Gasteiger partial charge in [0.15, 0.2) is 5.16 Å². The van der Waals surface area contributed by atoms with Crippen LogP contribution < -0.4 is 5.56 Å². The highest BCUT2D eigenvalue weighted by Gasteiger charge is 2.27. The third-order valence-corrected chi connectivity index (χ3v) is 8.24. The first kappa shape index (κ1) is 21.8. The molecule has 1 aliphatic heterocycles. The predicted molar refractivity (Wildman–Crippen MR) is 123 cm³/mol. The summed E-state index contributed by atoms with van der Waals surface area (Å²) in [5.41, 5.74) is 1.32. The molecular formula is C22H31N3O3S2. The fraction of sp³-hybridized carbons (Fsp3) is 0.682. The summed E-state index contributed by atoms with van der Waals surface area (Å²) in [5.74, 6) is 0.100. The van der Waals surface area contributed by atoms with Crippen LogP contribution in [0.5, 0.6) is 0 Å². The number of nitrogens with zero attached hydrogens (tertiary/aromatic N) is 3. The number of amides is 1. The first-order valence-electron chi connectivity index (χ1n) is 11.2. The summed E-state index contributed by atoms with van der Waals surface area (Å²) in [6.45, 7) is 7.22. The quantitative estimate of drug-likeness (QED) is 0.365. The Balaban J connectivity index is 1.67. The smallest absolute Gasteiger partial charge is 0.263 e. The fourth-order valence-electron chi connectivity index (χ4n) is 4.28. The number of carbonyl (C=O) groups is 1. The molecule has 0 bridgehead atoms. The number of unbranched alkanes of at least 4 members (excludes halogenated alkanes) is 2. The number of thioether (sulfide) groups is 1. The molecule has 1 atom stereocenters. The molecular weight excluding hydrogens is 418 g/mol. The number of carbonyl (C=O) groups excluding carboxylic acids is 1. The highest BCUT2D eigenvalue weighted by Crippen LogP contribution is 2.35. The second-order valence-corrected chi connectivity index (χ2v) is 10.5. The average Bonchev–Trinajstić information content (AvgIpc) is 3.14. The molecule has 1 amide bonds. The van der Waals surface area contributed by atoms with Gasteiger partial charge in [0.25, 0.3) is 5.56 Å². The van der Waals surface area contributed by atoms with E-state index in [0.717, 1.165) is 48.7 Å². The summed E-state index contributed by atoms with van der Waals surface area (Å²) in [7, 11) is 0. The Hall–Kier alpha value is -1.38. The highest BCUT2D eigenvalue weighted by atomic mass is 32.2. The van der Waals surface area contributed by atoms with E-state index in [0.29, 0.717) is 38.0 Å². The number of hydrogen-bond acceptors (Lipinski definition) is 6. The van der Waals surface area contributed by atoms with Gasteiger partial charge in [0.1, 0.15) is 4.83 Å². The number of morpholine rings is 1. The predicted octanol–water partition coefficient (Wildman–Crippen LogP) is 3.87. The largest absolute Gasteiger partial charge is 0.378 e. The zero-order valence-electron chi connectivity index (χ0n) is 17.9. The van der Waals surface area contributed by atoms with Crippen LogP contribution in [0.15, 0.2) is 9.95 Å². The lowest BCUT2D eigenvalue weighted by atomic mass is 9.97. The van der Waals surface area contributed by atoms with Crippen LogP contribution in [0, 0.1) is 0 Å². The van der Waals surface area contributed by atoms with E-state index in [1.165, 1.54) is 28.6 Å². The number of aromatic nitrogens is 2. The van der Waals surface area contributed by atoms with E-state index in [1.807, 2.05) is 16.4 Å². The lowest BCUT2D eigenvalue weighted by molar-refractivity contribution is -0.134. The second-order valence-electron chi connectivity index (χ2n) is 8.15. The maximum Gasteiger partial charge on any atom is 0.263 e. The topological polar surface area (TPSA) is 64.4 Å². The molecule has 1 saturated heterocycles. The van der Waals surface area contributed by atoms with Gasteiger partial charge in [-0.3, -0.25) is 14.2 Å². The van der Waals surface area contributed by atoms with Crippen molar-refractivity contribution >= 4 is 39.2 Å². The molecule has 1 unspecified atom stereocenters. The van der Waals surface area contributed by atoms with E-state index >= 15 is 0 Å². The Labute approximate surface area is 186 Å². The van der Waals surface area contributed by atoms with Crippen molar-refractivity contribution in [3.63, 3.8) is 0 Å². The minimum atomic E-state index is -0.278. The van der Waals surface area contributed by atoms with Crippen molar-refractivity contribution in [2.45, 2.75) is 75.7 Å². The summed E-state index contributed by atoms with van der Waals surface area (Å²) in [6.07, 6.45) is 7.52. The minimum Gasteiger partial charge on any atom is -0.378 e. The van der Waals surface area contributed by atoms with Crippen molar-refractivity contribution in [2.75, 3.05) is 26.3 Å². The second kappa shape index (κ2) is 9.83. The zero-order chi connectivity index (χ0) is 21.1. The molecule has 2 aromatic rings. The van der Waals surface area contributed by atoms with E-state index in [1.54, 1.807) is 11.3 Å². The van der Waals surface area contributed by atoms with Crippen molar-refractivity contribution in [3.8, 4) is 0 Å². The number of fused-ring (bicyclic) bond motifs is 3. The molecule has 2 aromatic heterocycles. The molecule has 1 fully saturated rings. The molecule has 0 saturated carbocycles. The van der Waals surface area contributed by atoms with Crippen molar-refractivity contribution in [1.29, 1.82) is 0 Å². The lowest BCUT2D eigenvalue weighted by Crippen LogP contribution is -2.44. The first-order valence-corrected chi connectivity index (χ1v) is 12.9. The van der Waals surface area contributed by atoms with Gasteiger partial charge in [0.2, 0.25) is 5.91 Å². The number of ether oxygens (including phenoxy) is 1. The SMILES string of the molecule is CCCCCn1c(SC(C)C(=O)N2CCOCC2)nc2sc3c(c2c1=O)CCCC3. The average molecular weight is 450 g/mol. The molecule has 0 N–H and O–H groups in total. The number of rotatable bonds is 7. The standard InChI is InChI=1S/C22H31N3O3S2/c1-3-4-7-10-25-21(27)18-16-8-5-6-9-17(16)30-19(18)23-22(25)29-15(2)20(26)24-11-13-28-14-12-24/h15H,3-14H2,1-2H3. The monoisotopic (exact) mass is 449 g/mol. The van der Waals surface area contributed by atoms with Gasteiger partial charge in [0, 0.05) is 24.5 Å². The summed E-state index contributed by atoms with van der Waals surface area (Å²) in [5, 5.41) is 1.25. The molecule has 30 heavy (non-hydrogen) atoms. The number of thiophene rings is 1. The van der Waals surface area contributed by atoms with Crippen LogP contribution in [0.25, 0.3) is 10.2 Å². The molecule has 3 heterocycles. The fourth-order valence-corrected chi connectivity index (χ4v) is 6.60. The van der Waals surface area contributed by atoms with Gasteiger partial charge >= 0.3 is 0 Å². The van der Waals surface area contributed by atoms with Gasteiger partial charge < -0.3 is 9.64 Å². The number of aryl methyl sites for hydroxylation is 2. The first-order chi connectivity index (χ1) is 14.6. The Bertz CT molecular complexity index is 963.